The predicted octanol–water partition coefficient (Wildman–Crippen LogP) is 11.7. The maximum absolute atomic E-state index is 6.82. The quantitative estimate of drug-likeness (QED) is 0.175. The molecule has 1 aromatic heterocycles. The van der Waals surface area contributed by atoms with E-state index in [-0.39, 0.29) is 12.3 Å². The van der Waals surface area contributed by atoms with Crippen molar-refractivity contribution < 1.29 is 4.42 Å². The highest BCUT2D eigenvalue weighted by molar-refractivity contribution is 6.24. The highest BCUT2D eigenvalue weighted by Gasteiger charge is 2.30. The Kier molecular flexibility index (Phi) is 8.70. The van der Waals surface area contributed by atoms with E-state index in [0.717, 1.165) is 88.9 Å². The van der Waals surface area contributed by atoms with Crippen LogP contribution in [0.5, 0.6) is 0 Å². The SMILES string of the molecule is CN1C(c2ccccc2)=NC(c2ccc(-c3ccc4c(oc5ccccc54)c3C3=NC(c4ccccc4)NC(c4ccccc4)=N3)c3ccccc23)=NC1c1ccccc1. The number of furan rings is 1. The molecular weight excluding hydrogens is 737 g/mol. The minimum absolute atomic E-state index is 0.262. The number of aliphatic imine (C=N–C) groups is 4. The van der Waals surface area contributed by atoms with Crippen molar-refractivity contribution in [2.45, 2.75) is 12.3 Å². The van der Waals surface area contributed by atoms with Crippen molar-refractivity contribution in [1.82, 2.24) is 10.2 Å². The number of nitrogens with zero attached hydrogens (tertiary/aromatic N) is 5. The average Bonchev–Trinajstić information content (AvgIpc) is 3.71. The Labute approximate surface area is 347 Å². The van der Waals surface area contributed by atoms with E-state index in [4.69, 9.17) is 24.4 Å². The molecule has 60 heavy (non-hydrogen) atoms. The Hall–Kier alpha value is -7.90. The van der Waals surface area contributed by atoms with E-state index in [2.05, 4.69) is 151 Å². The molecule has 2 aliphatic rings. The van der Waals surface area contributed by atoms with Crippen LogP contribution in [0.15, 0.2) is 219 Å². The van der Waals surface area contributed by atoms with Gasteiger partial charge in [-0.3, -0.25) is 0 Å². The Bertz CT molecular complexity index is 3190. The minimum Gasteiger partial charge on any atom is -0.455 e. The van der Waals surface area contributed by atoms with Crippen molar-refractivity contribution in [3.05, 3.63) is 228 Å². The molecule has 2 unspecified atom stereocenters. The van der Waals surface area contributed by atoms with Gasteiger partial charge >= 0.3 is 0 Å². The molecule has 11 rings (SSSR count). The molecule has 0 saturated heterocycles. The molecule has 0 radical (unpaired) electrons. The molecule has 2 atom stereocenters. The van der Waals surface area contributed by atoms with Crippen LogP contribution in [0.4, 0.5) is 0 Å². The van der Waals surface area contributed by atoms with Crippen molar-refractivity contribution in [2.24, 2.45) is 20.0 Å². The third-order valence-electron chi connectivity index (χ3n) is 11.4. The Balaban J connectivity index is 1.14. The van der Waals surface area contributed by atoms with Gasteiger partial charge in [-0.05, 0) is 51.2 Å². The summed E-state index contributed by atoms with van der Waals surface area (Å²) >= 11 is 0. The highest BCUT2D eigenvalue weighted by atomic mass is 16.3. The lowest BCUT2D eigenvalue weighted by Gasteiger charge is -2.32. The standard InChI is InChI=1S/C53H38N6O/c1-59-52(36-22-10-4-11-23-36)57-50(58-53(59)37-24-12-5-13-25-37)44-33-30-40(38-26-14-15-27-39(38)44)42-31-32-43-41-28-16-17-29-45(41)60-47(43)46(42)51-55-48(34-18-6-2-7-19-34)54-49(56-51)35-20-8-3-9-21-35/h2-33,48,52H,1H3,(H,54,55,56). The van der Waals surface area contributed by atoms with Gasteiger partial charge in [-0.25, -0.2) is 20.0 Å². The van der Waals surface area contributed by atoms with Crippen LogP contribution in [0.3, 0.4) is 0 Å². The van der Waals surface area contributed by atoms with Crippen molar-refractivity contribution in [3.8, 4) is 11.1 Å². The normalized spacial score (nSPS) is 16.6. The molecule has 0 amide bonds. The summed E-state index contributed by atoms with van der Waals surface area (Å²) in [6.45, 7) is 0. The van der Waals surface area contributed by atoms with Gasteiger partial charge < -0.3 is 14.6 Å². The Morgan fingerprint density at radius 2 is 1.03 bits per heavy atom. The summed E-state index contributed by atoms with van der Waals surface area (Å²) in [6.07, 6.45) is -0.640. The van der Waals surface area contributed by atoms with Crippen LogP contribution in [0.25, 0.3) is 43.8 Å². The topological polar surface area (TPSA) is 77.9 Å². The molecule has 0 spiro atoms. The van der Waals surface area contributed by atoms with E-state index in [1.54, 1.807) is 0 Å². The largest absolute Gasteiger partial charge is 0.455 e. The fourth-order valence-electron chi connectivity index (χ4n) is 8.51. The van der Waals surface area contributed by atoms with Crippen LogP contribution in [0, 0.1) is 0 Å². The van der Waals surface area contributed by atoms with Crippen LogP contribution in [0.1, 0.15) is 45.7 Å². The van der Waals surface area contributed by atoms with Crippen LogP contribution in [-0.4, -0.2) is 35.3 Å². The Morgan fingerprint density at radius 3 is 1.75 bits per heavy atom. The van der Waals surface area contributed by atoms with E-state index in [9.17, 15) is 0 Å². The number of fused-ring (bicyclic) bond motifs is 4. The first kappa shape index (κ1) is 35.3. The summed E-state index contributed by atoms with van der Waals surface area (Å²) in [5.74, 6) is 2.89. The minimum atomic E-state index is -0.378. The molecule has 9 aromatic rings. The lowest BCUT2D eigenvalue weighted by molar-refractivity contribution is 0.383. The lowest BCUT2D eigenvalue weighted by atomic mass is 9.90. The summed E-state index contributed by atoms with van der Waals surface area (Å²) < 4.78 is 6.82. The van der Waals surface area contributed by atoms with Crippen LogP contribution >= 0.6 is 0 Å². The maximum Gasteiger partial charge on any atom is 0.163 e. The number of rotatable bonds is 7. The van der Waals surface area contributed by atoms with E-state index in [0.29, 0.717) is 11.7 Å². The zero-order valence-electron chi connectivity index (χ0n) is 32.8. The molecule has 7 heteroatoms. The lowest BCUT2D eigenvalue weighted by Crippen LogP contribution is -2.35. The number of para-hydroxylation sites is 1. The van der Waals surface area contributed by atoms with Crippen molar-refractivity contribution >= 4 is 56.1 Å². The van der Waals surface area contributed by atoms with E-state index < -0.39 is 0 Å². The molecular formula is C53H38N6O. The van der Waals surface area contributed by atoms with Crippen LogP contribution in [0.2, 0.25) is 0 Å². The number of amidine groups is 4. The highest BCUT2D eigenvalue weighted by Crippen LogP contribution is 2.41. The summed E-state index contributed by atoms with van der Waals surface area (Å²) in [5.41, 5.74) is 9.48. The van der Waals surface area contributed by atoms with Crippen molar-refractivity contribution in [3.63, 3.8) is 0 Å². The molecule has 8 aromatic carbocycles. The first-order valence-corrected chi connectivity index (χ1v) is 20.2. The summed E-state index contributed by atoms with van der Waals surface area (Å²) in [4.78, 5) is 23.5. The smallest absolute Gasteiger partial charge is 0.163 e. The van der Waals surface area contributed by atoms with E-state index in [1.807, 2.05) is 60.7 Å². The average molecular weight is 775 g/mol. The van der Waals surface area contributed by atoms with Crippen LogP contribution in [-0.2, 0) is 0 Å². The zero-order valence-corrected chi connectivity index (χ0v) is 32.8. The second-order valence-corrected chi connectivity index (χ2v) is 15.1. The third-order valence-corrected chi connectivity index (χ3v) is 11.4. The molecule has 2 aliphatic heterocycles. The van der Waals surface area contributed by atoms with E-state index >= 15 is 0 Å². The molecule has 0 aliphatic carbocycles. The molecule has 7 nitrogen and oxygen atoms in total. The Morgan fingerprint density at radius 1 is 0.467 bits per heavy atom. The molecule has 1 N–H and O–H groups in total. The van der Waals surface area contributed by atoms with Gasteiger partial charge in [-0.2, -0.15) is 0 Å². The van der Waals surface area contributed by atoms with Gasteiger partial charge in [0.15, 0.2) is 11.7 Å². The van der Waals surface area contributed by atoms with Gasteiger partial charge in [0, 0.05) is 34.5 Å². The summed E-state index contributed by atoms with van der Waals surface area (Å²) in [5, 5.41) is 7.78. The summed E-state index contributed by atoms with van der Waals surface area (Å²) in [6, 6.07) is 66.8. The van der Waals surface area contributed by atoms with Crippen molar-refractivity contribution in [2.75, 3.05) is 7.05 Å². The molecule has 0 fully saturated rings. The van der Waals surface area contributed by atoms with Gasteiger partial charge in [0.1, 0.15) is 35.2 Å². The number of nitrogens with one attached hydrogen (secondary N) is 1. The fourth-order valence-corrected chi connectivity index (χ4v) is 8.51. The zero-order chi connectivity index (χ0) is 40.0. The number of benzene rings is 8. The summed E-state index contributed by atoms with van der Waals surface area (Å²) in [7, 11) is 2.07. The molecule has 0 bridgehead atoms. The molecule has 0 saturated carbocycles. The van der Waals surface area contributed by atoms with Gasteiger partial charge in [-0.15, -0.1) is 0 Å². The third kappa shape index (κ3) is 6.15. The first-order chi connectivity index (χ1) is 29.7. The number of hydrogen-bond donors (Lipinski definition) is 1. The second-order valence-electron chi connectivity index (χ2n) is 15.1. The maximum atomic E-state index is 6.82. The van der Waals surface area contributed by atoms with E-state index in [1.165, 1.54) is 0 Å². The monoisotopic (exact) mass is 774 g/mol. The predicted molar refractivity (Wildman–Crippen MR) is 245 cm³/mol. The van der Waals surface area contributed by atoms with Gasteiger partial charge in [0.25, 0.3) is 0 Å². The number of hydrogen-bond acceptors (Lipinski definition) is 7. The molecule has 3 heterocycles. The van der Waals surface area contributed by atoms with Crippen molar-refractivity contribution in [1.29, 1.82) is 0 Å². The van der Waals surface area contributed by atoms with Gasteiger partial charge in [0.2, 0.25) is 0 Å². The molecule has 286 valence electrons. The van der Waals surface area contributed by atoms with Gasteiger partial charge in [0.05, 0.1) is 5.56 Å². The first-order valence-electron chi connectivity index (χ1n) is 20.2. The second kappa shape index (κ2) is 14.8. The van der Waals surface area contributed by atoms with Gasteiger partial charge in [-0.1, -0.05) is 176 Å². The fraction of sp³-hybridized carbons (Fsp3) is 0.0566. The van der Waals surface area contributed by atoms with Crippen LogP contribution < -0.4 is 5.32 Å².